The maximum absolute atomic E-state index is 11.2. The van der Waals surface area contributed by atoms with Gasteiger partial charge >= 0.3 is 0 Å². The fraction of sp³-hybridized carbons (Fsp3) is 0.455. The van der Waals surface area contributed by atoms with E-state index in [2.05, 4.69) is 4.72 Å². The zero-order chi connectivity index (χ0) is 14.6. The highest BCUT2D eigenvalue weighted by Gasteiger charge is 2.18. The summed E-state index contributed by atoms with van der Waals surface area (Å²) in [6, 6.07) is 4.17. The molecule has 0 fully saturated rings. The number of nitrogens with zero attached hydrogens (tertiary/aromatic N) is 2. The van der Waals surface area contributed by atoms with E-state index >= 15 is 0 Å². The van der Waals surface area contributed by atoms with Crippen molar-refractivity contribution in [3.8, 4) is 0 Å². The summed E-state index contributed by atoms with van der Waals surface area (Å²) in [5, 5.41) is 11.0. The zero-order valence-corrected chi connectivity index (χ0v) is 11.9. The molecule has 1 rings (SSSR count). The minimum Gasteiger partial charge on any atom is -0.366 e. The van der Waals surface area contributed by atoms with Crippen molar-refractivity contribution in [1.29, 1.82) is 0 Å². The number of nitrogens with one attached hydrogen (secondary N) is 1. The minimum absolute atomic E-state index is 0.0391. The van der Waals surface area contributed by atoms with E-state index in [1.807, 2.05) is 13.8 Å². The van der Waals surface area contributed by atoms with Crippen molar-refractivity contribution in [3.63, 3.8) is 0 Å². The van der Waals surface area contributed by atoms with Gasteiger partial charge in [0.1, 0.15) is 5.69 Å². The van der Waals surface area contributed by atoms with Crippen LogP contribution in [0.1, 0.15) is 13.8 Å². The van der Waals surface area contributed by atoms with Gasteiger partial charge in [-0.25, -0.2) is 8.42 Å². The topological polar surface area (TPSA) is 92.6 Å². The lowest BCUT2D eigenvalue weighted by molar-refractivity contribution is -0.384. The Morgan fingerprint density at radius 3 is 2.32 bits per heavy atom. The van der Waals surface area contributed by atoms with Crippen molar-refractivity contribution in [2.24, 2.45) is 0 Å². The summed E-state index contributed by atoms with van der Waals surface area (Å²) < 4.78 is 24.7. The van der Waals surface area contributed by atoms with Crippen LogP contribution < -0.4 is 9.62 Å². The smallest absolute Gasteiger partial charge is 0.292 e. The highest BCUT2D eigenvalue weighted by atomic mass is 32.2. The number of anilines is 2. The second-order valence-corrected chi connectivity index (χ2v) is 5.76. The molecule has 0 amide bonds. The van der Waals surface area contributed by atoms with Gasteiger partial charge in [-0.1, -0.05) is 0 Å². The van der Waals surface area contributed by atoms with Gasteiger partial charge < -0.3 is 4.90 Å². The van der Waals surface area contributed by atoms with Crippen LogP contribution in [-0.4, -0.2) is 32.7 Å². The minimum atomic E-state index is -3.40. The molecule has 0 heterocycles. The van der Waals surface area contributed by atoms with Crippen LogP contribution in [-0.2, 0) is 10.0 Å². The predicted octanol–water partition coefficient (Wildman–Crippen LogP) is 1.81. The first-order valence-corrected chi connectivity index (χ1v) is 7.68. The summed E-state index contributed by atoms with van der Waals surface area (Å²) in [4.78, 5) is 12.3. The molecule has 0 bridgehead atoms. The van der Waals surface area contributed by atoms with Crippen LogP contribution in [0.15, 0.2) is 18.2 Å². The Balaban J connectivity index is 3.29. The number of hydrogen-bond donors (Lipinski definition) is 1. The van der Waals surface area contributed by atoms with Crippen molar-refractivity contribution in [1.82, 2.24) is 0 Å². The second-order valence-electron chi connectivity index (χ2n) is 4.01. The molecule has 19 heavy (non-hydrogen) atoms. The van der Waals surface area contributed by atoms with Crippen LogP contribution in [0.25, 0.3) is 0 Å². The average molecular weight is 287 g/mol. The molecule has 0 atom stereocenters. The van der Waals surface area contributed by atoms with Gasteiger partial charge in [0.2, 0.25) is 10.0 Å². The average Bonchev–Trinajstić information content (AvgIpc) is 2.28. The predicted molar refractivity (Wildman–Crippen MR) is 75.1 cm³/mol. The Labute approximate surface area is 112 Å². The molecule has 0 unspecified atom stereocenters. The third-order valence-electron chi connectivity index (χ3n) is 2.58. The zero-order valence-electron chi connectivity index (χ0n) is 11.1. The van der Waals surface area contributed by atoms with Gasteiger partial charge in [-0.2, -0.15) is 0 Å². The quantitative estimate of drug-likeness (QED) is 0.636. The van der Waals surface area contributed by atoms with E-state index in [0.717, 1.165) is 6.26 Å². The molecular weight excluding hydrogens is 270 g/mol. The van der Waals surface area contributed by atoms with Crippen LogP contribution in [0.5, 0.6) is 0 Å². The lowest BCUT2D eigenvalue weighted by Gasteiger charge is -2.21. The number of benzene rings is 1. The van der Waals surface area contributed by atoms with Crippen molar-refractivity contribution >= 4 is 27.1 Å². The molecule has 0 saturated heterocycles. The molecule has 0 aliphatic rings. The molecule has 1 aromatic rings. The number of nitro groups is 1. The van der Waals surface area contributed by atoms with Gasteiger partial charge in [-0.15, -0.1) is 0 Å². The summed E-state index contributed by atoms with van der Waals surface area (Å²) in [6.45, 7) is 4.95. The first-order valence-electron chi connectivity index (χ1n) is 5.79. The number of hydrogen-bond acceptors (Lipinski definition) is 5. The van der Waals surface area contributed by atoms with E-state index in [1.54, 1.807) is 4.90 Å². The normalized spacial score (nSPS) is 11.1. The highest BCUT2D eigenvalue weighted by Crippen LogP contribution is 2.31. The third-order valence-corrected chi connectivity index (χ3v) is 3.19. The maximum Gasteiger partial charge on any atom is 0.292 e. The molecule has 1 aromatic carbocycles. The van der Waals surface area contributed by atoms with Crippen LogP contribution in [0.4, 0.5) is 17.1 Å². The Kier molecular flexibility index (Phi) is 4.71. The molecule has 0 radical (unpaired) electrons. The summed E-state index contributed by atoms with van der Waals surface area (Å²) in [5.74, 6) is 0. The second kappa shape index (κ2) is 5.87. The van der Waals surface area contributed by atoms with E-state index in [-0.39, 0.29) is 5.69 Å². The van der Waals surface area contributed by atoms with Crippen molar-refractivity contribution < 1.29 is 13.3 Å². The first-order chi connectivity index (χ1) is 8.78. The molecule has 0 aromatic heterocycles. The van der Waals surface area contributed by atoms with Gasteiger partial charge in [0.15, 0.2) is 0 Å². The van der Waals surface area contributed by atoms with Crippen LogP contribution in [0.3, 0.4) is 0 Å². The van der Waals surface area contributed by atoms with Gasteiger partial charge in [0.25, 0.3) is 5.69 Å². The molecule has 8 heteroatoms. The Bertz CT molecular complexity index is 567. The van der Waals surface area contributed by atoms with Gasteiger partial charge in [0, 0.05) is 19.2 Å². The fourth-order valence-corrected chi connectivity index (χ4v) is 2.33. The third kappa shape index (κ3) is 4.09. The van der Waals surface area contributed by atoms with Crippen LogP contribution >= 0.6 is 0 Å². The Morgan fingerprint density at radius 2 is 1.89 bits per heavy atom. The lowest BCUT2D eigenvalue weighted by Crippen LogP contribution is -2.23. The molecule has 1 N–H and O–H groups in total. The SMILES string of the molecule is CCN(CC)c1cc(NS(C)(=O)=O)ccc1[N+](=O)[O-]. The molecule has 0 spiro atoms. The van der Waals surface area contributed by atoms with Crippen LogP contribution in [0, 0.1) is 10.1 Å². The van der Waals surface area contributed by atoms with E-state index in [1.165, 1.54) is 18.2 Å². The summed E-state index contributed by atoms with van der Waals surface area (Å²) in [7, 11) is -3.40. The van der Waals surface area contributed by atoms with Crippen LogP contribution in [0.2, 0.25) is 0 Å². The van der Waals surface area contributed by atoms with Gasteiger partial charge in [0.05, 0.1) is 16.9 Å². The highest BCUT2D eigenvalue weighted by molar-refractivity contribution is 7.92. The van der Waals surface area contributed by atoms with E-state index in [0.29, 0.717) is 24.5 Å². The lowest BCUT2D eigenvalue weighted by atomic mass is 10.2. The largest absolute Gasteiger partial charge is 0.366 e. The molecule has 106 valence electrons. The maximum atomic E-state index is 11.2. The standard InChI is InChI=1S/C11H17N3O4S/c1-4-13(5-2)11-8-9(12-19(3,17)18)6-7-10(11)14(15)16/h6-8,12H,4-5H2,1-3H3. The first kappa shape index (κ1) is 15.2. The number of nitro benzene ring substituents is 1. The molecular formula is C11H17N3O4S. The molecule has 0 aliphatic carbocycles. The molecule has 0 aliphatic heterocycles. The summed E-state index contributed by atoms with van der Waals surface area (Å²) in [6.07, 6.45) is 1.03. The van der Waals surface area contributed by atoms with Gasteiger partial charge in [-0.05, 0) is 26.0 Å². The van der Waals surface area contributed by atoms with E-state index in [9.17, 15) is 18.5 Å². The monoisotopic (exact) mass is 287 g/mol. The van der Waals surface area contributed by atoms with Crippen molar-refractivity contribution in [3.05, 3.63) is 28.3 Å². The number of rotatable bonds is 6. The summed E-state index contributed by atoms with van der Waals surface area (Å²) in [5.41, 5.74) is 0.682. The molecule has 7 nitrogen and oxygen atoms in total. The van der Waals surface area contributed by atoms with Crippen molar-refractivity contribution in [2.75, 3.05) is 29.0 Å². The van der Waals surface area contributed by atoms with Gasteiger partial charge in [-0.3, -0.25) is 14.8 Å². The van der Waals surface area contributed by atoms with Crippen molar-refractivity contribution in [2.45, 2.75) is 13.8 Å². The van der Waals surface area contributed by atoms with E-state index in [4.69, 9.17) is 0 Å². The molecule has 0 saturated carbocycles. The number of sulfonamides is 1. The Hall–Kier alpha value is -1.83. The fourth-order valence-electron chi connectivity index (χ4n) is 1.77. The Morgan fingerprint density at radius 1 is 1.32 bits per heavy atom. The summed E-state index contributed by atoms with van der Waals surface area (Å²) >= 11 is 0. The van der Waals surface area contributed by atoms with E-state index < -0.39 is 14.9 Å².